The van der Waals surface area contributed by atoms with Crippen LogP contribution in [0.15, 0.2) is 46.9 Å². The molecule has 106 valence electrons. The second-order valence-electron chi connectivity index (χ2n) is 5.10. The maximum Gasteiger partial charge on any atom is 0.298 e. The van der Waals surface area contributed by atoms with Gasteiger partial charge in [0.15, 0.2) is 5.58 Å². The summed E-state index contributed by atoms with van der Waals surface area (Å²) in [5.41, 5.74) is 9.12. The van der Waals surface area contributed by atoms with E-state index in [1.54, 1.807) is 6.07 Å². The van der Waals surface area contributed by atoms with Crippen molar-refractivity contribution in [2.75, 3.05) is 23.8 Å². The summed E-state index contributed by atoms with van der Waals surface area (Å²) in [6.45, 7) is 2.06. The highest BCUT2D eigenvalue weighted by atomic mass is 16.5. The van der Waals surface area contributed by atoms with Crippen LogP contribution in [-0.4, -0.2) is 18.1 Å². The Morgan fingerprint density at radius 1 is 1.14 bits per heavy atom. The van der Waals surface area contributed by atoms with Gasteiger partial charge in [0.25, 0.3) is 6.01 Å². The quantitative estimate of drug-likeness (QED) is 0.695. The van der Waals surface area contributed by atoms with Gasteiger partial charge in [-0.05, 0) is 18.2 Å². The average molecular weight is 281 g/mol. The third-order valence-electron chi connectivity index (χ3n) is 3.62. The molecule has 1 aliphatic heterocycles. The van der Waals surface area contributed by atoms with Gasteiger partial charge in [-0.25, -0.2) is 0 Å². The Kier molecular flexibility index (Phi) is 2.70. The first-order chi connectivity index (χ1) is 10.3. The van der Waals surface area contributed by atoms with E-state index in [1.165, 1.54) is 0 Å². The van der Waals surface area contributed by atoms with E-state index in [9.17, 15) is 0 Å². The fraction of sp³-hybridized carbons (Fsp3) is 0.188. The van der Waals surface area contributed by atoms with Crippen molar-refractivity contribution in [3.63, 3.8) is 0 Å². The molecular formula is C16H15N3O2. The molecule has 0 fully saturated rings. The number of oxazole rings is 1. The van der Waals surface area contributed by atoms with E-state index in [-0.39, 0.29) is 0 Å². The molecule has 0 radical (unpaired) electrons. The highest BCUT2D eigenvalue weighted by molar-refractivity contribution is 5.78. The van der Waals surface area contributed by atoms with Crippen molar-refractivity contribution >= 4 is 22.8 Å². The highest BCUT2D eigenvalue weighted by Crippen LogP contribution is 2.28. The summed E-state index contributed by atoms with van der Waals surface area (Å²) in [5, 5.41) is 0. The fourth-order valence-corrected chi connectivity index (χ4v) is 2.55. The zero-order valence-electron chi connectivity index (χ0n) is 11.5. The van der Waals surface area contributed by atoms with E-state index in [1.807, 2.05) is 30.3 Å². The molecular weight excluding hydrogens is 266 g/mol. The molecule has 5 heteroatoms. The molecule has 0 spiro atoms. The van der Waals surface area contributed by atoms with Crippen LogP contribution < -0.4 is 15.4 Å². The van der Waals surface area contributed by atoms with Crippen LogP contribution in [0.25, 0.3) is 11.1 Å². The lowest BCUT2D eigenvalue weighted by Gasteiger charge is -2.16. The summed E-state index contributed by atoms with van der Waals surface area (Å²) in [6, 6.07) is 14.2. The van der Waals surface area contributed by atoms with Crippen molar-refractivity contribution in [2.45, 2.75) is 6.54 Å². The van der Waals surface area contributed by atoms with Crippen molar-refractivity contribution < 1.29 is 9.15 Å². The Bertz CT molecular complexity index is 797. The number of benzene rings is 2. The van der Waals surface area contributed by atoms with Crippen molar-refractivity contribution in [2.24, 2.45) is 0 Å². The van der Waals surface area contributed by atoms with Crippen molar-refractivity contribution in [1.82, 2.24) is 4.98 Å². The average Bonchev–Trinajstić information content (AvgIpc) is 2.78. The maximum absolute atomic E-state index is 5.84. The lowest BCUT2D eigenvalue weighted by Crippen LogP contribution is -2.25. The number of nitrogen functional groups attached to an aromatic ring is 1. The summed E-state index contributed by atoms with van der Waals surface area (Å²) in [5.74, 6) is 0.931. The summed E-state index contributed by atoms with van der Waals surface area (Å²) in [7, 11) is 0. The van der Waals surface area contributed by atoms with Crippen molar-refractivity contribution in [3.8, 4) is 5.75 Å². The Labute approximate surface area is 121 Å². The molecule has 0 unspecified atom stereocenters. The lowest BCUT2D eigenvalue weighted by atomic mass is 10.2. The normalized spacial score (nSPS) is 14.6. The van der Waals surface area contributed by atoms with Crippen LogP contribution in [0.1, 0.15) is 5.56 Å². The number of rotatable bonds is 1. The van der Waals surface area contributed by atoms with E-state index < -0.39 is 0 Å². The first-order valence-corrected chi connectivity index (χ1v) is 6.91. The molecule has 4 rings (SSSR count). The zero-order chi connectivity index (χ0) is 14.2. The monoisotopic (exact) mass is 281 g/mol. The van der Waals surface area contributed by atoms with Crippen LogP contribution in [0.5, 0.6) is 5.75 Å². The van der Waals surface area contributed by atoms with Crippen LogP contribution in [0.4, 0.5) is 11.7 Å². The highest BCUT2D eigenvalue weighted by Gasteiger charge is 2.19. The molecule has 1 aromatic heterocycles. The van der Waals surface area contributed by atoms with Gasteiger partial charge < -0.3 is 19.8 Å². The molecule has 0 aliphatic carbocycles. The summed E-state index contributed by atoms with van der Waals surface area (Å²) in [4.78, 5) is 6.63. The van der Waals surface area contributed by atoms with Gasteiger partial charge in [-0.15, -0.1) is 0 Å². The number of para-hydroxylation sites is 1. The molecule has 0 amide bonds. The first-order valence-electron chi connectivity index (χ1n) is 6.91. The van der Waals surface area contributed by atoms with Gasteiger partial charge in [-0.3, -0.25) is 0 Å². The van der Waals surface area contributed by atoms with Gasteiger partial charge in [-0.2, -0.15) is 4.98 Å². The smallest absolute Gasteiger partial charge is 0.298 e. The number of hydrogen-bond acceptors (Lipinski definition) is 5. The van der Waals surface area contributed by atoms with Gasteiger partial charge in [0.1, 0.15) is 17.9 Å². The largest absolute Gasteiger partial charge is 0.491 e. The first kappa shape index (κ1) is 12.1. The Hall–Kier alpha value is -2.69. The number of anilines is 2. The molecule has 5 nitrogen and oxygen atoms in total. The van der Waals surface area contributed by atoms with Crippen molar-refractivity contribution in [3.05, 3.63) is 48.0 Å². The number of nitrogens with two attached hydrogens (primary N) is 1. The molecule has 2 heterocycles. The molecule has 1 aliphatic rings. The molecule has 0 bridgehead atoms. The minimum atomic E-state index is 0.607. The molecule has 2 N–H and O–H groups in total. The zero-order valence-corrected chi connectivity index (χ0v) is 11.5. The SMILES string of the molecule is Nc1ccc2nc(N3CCOc4ccccc4C3)oc2c1. The number of aromatic nitrogens is 1. The van der Waals surface area contributed by atoms with E-state index in [0.29, 0.717) is 23.9 Å². The topological polar surface area (TPSA) is 64.5 Å². The van der Waals surface area contributed by atoms with Gasteiger partial charge in [-0.1, -0.05) is 18.2 Å². The second-order valence-corrected chi connectivity index (χ2v) is 5.10. The van der Waals surface area contributed by atoms with E-state index in [0.717, 1.165) is 29.9 Å². The van der Waals surface area contributed by atoms with Crippen molar-refractivity contribution in [1.29, 1.82) is 0 Å². The number of fused-ring (bicyclic) bond motifs is 2. The van der Waals surface area contributed by atoms with E-state index in [2.05, 4.69) is 16.0 Å². The molecule has 0 atom stereocenters. The van der Waals surface area contributed by atoms with E-state index >= 15 is 0 Å². The summed E-state index contributed by atoms with van der Waals surface area (Å²) >= 11 is 0. The van der Waals surface area contributed by atoms with Crippen LogP contribution in [0.2, 0.25) is 0 Å². The van der Waals surface area contributed by atoms with Gasteiger partial charge >= 0.3 is 0 Å². The summed E-state index contributed by atoms with van der Waals surface area (Å²) in [6.07, 6.45) is 0. The van der Waals surface area contributed by atoms with Gasteiger partial charge in [0, 0.05) is 17.3 Å². The number of nitrogens with zero attached hydrogens (tertiary/aromatic N) is 2. The molecule has 3 aromatic rings. The molecule has 0 saturated heterocycles. The predicted molar refractivity (Wildman–Crippen MR) is 81.4 cm³/mol. The molecule has 2 aromatic carbocycles. The standard InChI is InChI=1S/C16H15N3O2/c17-12-5-6-13-15(9-12)21-16(18-13)19-7-8-20-14-4-2-1-3-11(14)10-19/h1-6,9H,7-8,10,17H2. The number of hydrogen-bond donors (Lipinski definition) is 1. The molecule has 0 saturated carbocycles. The van der Waals surface area contributed by atoms with E-state index in [4.69, 9.17) is 14.9 Å². The van der Waals surface area contributed by atoms with Crippen LogP contribution >= 0.6 is 0 Å². The minimum Gasteiger partial charge on any atom is -0.491 e. The third kappa shape index (κ3) is 2.16. The Morgan fingerprint density at radius 2 is 2.05 bits per heavy atom. The maximum atomic E-state index is 5.84. The minimum absolute atomic E-state index is 0.607. The lowest BCUT2D eigenvalue weighted by molar-refractivity contribution is 0.329. The molecule has 21 heavy (non-hydrogen) atoms. The van der Waals surface area contributed by atoms with Crippen LogP contribution in [-0.2, 0) is 6.54 Å². The third-order valence-corrected chi connectivity index (χ3v) is 3.62. The second kappa shape index (κ2) is 4.70. The summed E-state index contributed by atoms with van der Waals surface area (Å²) < 4.78 is 11.6. The Morgan fingerprint density at radius 3 is 3.00 bits per heavy atom. The van der Waals surface area contributed by atoms with Gasteiger partial charge in [0.05, 0.1) is 13.1 Å². The fourth-order valence-electron chi connectivity index (χ4n) is 2.55. The number of ether oxygens (including phenoxy) is 1. The van der Waals surface area contributed by atoms with Gasteiger partial charge in [0.2, 0.25) is 0 Å². The van der Waals surface area contributed by atoms with Crippen LogP contribution in [0, 0.1) is 0 Å². The van der Waals surface area contributed by atoms with Crippen LogP contribution in [0.3, 0.4) is 0 Å². The Balaban J connectivity index is 1.71. The predicted octanol–water partition coefficient (Wildman–Crippen LogP) is 2.81.